The highest BCUT2D eigenvalue weighted by Gasteiger charge is 2.12. The standard InChI is InChI=1S/C6H9NOS2/c1-3-4-6(7-5-9)10(2)8/h3,6H,1,4H2,2H3/t6?,10-/m1/s1. The molecule has 0 aromatic rings. The van der Waals surface area contributed by atoms with Gasteiger partial charge >= 0.3 is 0 Å². The van der Waals surface area contributed by atoms with Crippen LogP contribution in [0.5, 0.6) is 0 Å². The molecular formula is C6H9NOS2. The Bertz CT molecular complexity index is 152. The van der Waals surface area contributed by atoms with E-state index >= 15 is 0 Å². The smallest absolute Gasteiger partial charge is 0.217 e. The van der Waals surface area contributed by atoms with Crippen molar-refractivity contribution < 1.29 is 4.55 Å². The first-order valence-electron chi connectivity index (χ1n) is 2.72. The van der Waals surface area contributed by atoms with E-state index in [0.717, 1.165) is 0 Å². The van der Waals surface area contributed by atoms with Gasteiger partial charge in [0.1, 0.15) is 0 Å². The van der Waals surface area contributed by atoms with Crippen molar-refractivity contribution in [2.45, 2.75) is 11.8 Å². The van der Waals surface area contributed by atoms with Crippen LogP contribution in [0.1, 0.15) is 6.42 Å². The first-order chi connectivity index (χ1) is 4.72. The molecule has 0 N–H and O–H groups in total. The van der Waals surface area contributed by atoms with E-state index in [9.17, 15) is 4.55 Å². The average Bonchev–Trinajstić information content (AvgIpc) is 1.87. The lowest BCUT2D eigenvalue weighted by Crippen LogP contribution is -2.16. The molecule has 0 aliphatic heterocycles. The van der Waals surface area contributed by atoms with E-state index in [1.165, 1.54) is 0 Å². The zero-order valence-electron chi connectivity index (χ0n) is 5.74. The minimum Gasteiger partial charge on any atom is -0.615 e. The Labute approximate surface area is 69.2 Å². The molecule has 2 nitrogen and oxygen atoms in total. The van der Waals surface area contributed by atoms with Gasteiger partial charge in [0, 0.05) is 6.42 Å². The molecule has 0 saturated heterocycles. The topological polar surface area (TPSA) is 35.4 Å². The van der Waals surface area contributed by atoms with E-state index < -0.39 is 11.2 Å². The highest BCUT2D eigenvalue weighted by Crippen LogP contribution is 2.05. The Balaban J connectivity index is 3.96. The predicted octanol–water partition coefficient (Wildman–Crippen LogP) is 1.37. The molecule has 0 bridgehead atoms. The Hall–Kier alpha value is -0.150. The van der Waals surface area contributed by atoms with Crippen LogP contribution in [0.25, 0.3) is 0 Å². The number of thiocarbonyl (C=S) groups is 1. The van der Waals surface area contributed by atoms with Crippen LogP contribution < -0.4 is 0 Å². The van der Waals surface area contributed by atoms with Crippen LogP contribution in [0.2, 0.25) is 0 Å². The summed E-state index contributed by atoms with van der Waals surface area (Å²) in [6.45, 7) is 3.51. The van der Waals surface area contributed by atoms with Crippen LogP contribution in [0.4, 0.5) is 0 Å². The summed E-state index contributed by atoms with van der Waals surface area (Å²) in [5, 5.41) is 1.95. The zero-order valence-corrected chi connectivity index (χ0v) is 7.37. The fourth-order valence-corrected chi connectivity index (χ4v) is 1.27. The minimum absolute atomic E-state index is 0.255. The van der Waals surface area contributed by atoms with E-state index in [0.29, 0.717) is 6.42 Å². The van der Waals surface area contributed by atoms with Crippen molar-refractivity contribution in [1.82, 2.24) is 0 Å². The van der Waals surface area contributed by atoms with Crippen molar-refractivity contribution in [1.29, 1.82) is 0 Å². The summed E-state index contributed by atoms with van der Waals surface area (Å²) in [5.74, 6) is 0. The van der Waals surface area contributed by atoms with Gasteiger partial charge in [0.25, 0.3) is 0 Å². The molecule has 0 fully saturated rings. The number of hydrogen-bond acceptors (Lipinski definition) is 3. The molecule has 0 aromatic carbocycles. The molecule has 56 valence electrons. The number of isothiocyanates is 1. The fourth-order valence-electron chi connectivity index (χ4n) is 0.464. The molecular weight excluding hydrogens is 166 g/mol. The Morgan fingerprint density at radius 1 is 2.00 bits per heavy atom. The highest BCUT2D eigenvalue weighted by molar-refractivity contribution is 7.91. The summed E-state index contributed by atoms with van der Waals surface area (Å²) in [7, 11) is 0. The van der Waals surface area contributed by atoms with Crippen LogP contribution in [-0.4, -0.2) is 21.3 Å². The van der Waals surface area contributed by atoms with Gasteiger partial charge in [-0.3, -0.25) is 0 Å². The second-order valence-electron chi connectivity index (χ2n) is 1.70. The molecule has 0 aliphatic carbocycles. The normalized spacial score (nSPS) is 15.0. The minimum atomic E-state index is -0.970. The number of aliphatic imine (C=N–C) groups is 1. The number of hydrogen-bond donors (Lipinski definition) is 0. The molecule has 4 heteroatoms. The van der Waals surface area contributed by atoms with Crippen LogP contribution in [-0.2, 0) is 11.2 Å². The molecule has 0 radical (unpaired) electrons. The van der Waals surface area contributed by atoms with Gasteiger partial charge in [-0.05, 0) is 23.4 Å². The van der Waals surface area contributed by atoms with Gasteiger partial charge in [-0.2, -0.15) is 4.99 Å². The van der Waals surface area contributed by atoms with Crippen molar-refractivity contribution in [3.05, 3.63) is 12.7 Å². The van der Waals surface area contributed by atoms with Gasteiger partial charge in [0.15, 0.2) is 0 Å². The monoisotopic (exact) mass is 175 g/mol. The third-order valence-electron chi connectivity index (χ3n) is 0.948. The summed E-state index contributed by atoms with van der Waals surface area (Å²) < 4.78 is 10.8. The van der Waals surface area contributed by atoms with E-state index in [1.807, 2.05) is 0 Å². The van der Waals surface area contributed by atoms with Crippen molar-refractivity contribution >= 4 is 28.6 Å². The molecule has 0 spiro atoms. The van der Waals surface area contributed by atoms with Gasteiger partial charge < -0.3 is 4.55 Å². The van der Waals surface area contributed by atoms with Gasteiger partial charge in [0.2, 0.25) is 5.37 Å². The average molecular weight is 175 g/mol. The highest BCUT2D eigenvalue weighted by atomic mass is 32.2. The second kappa shape index (κ2) is 5.62. The first-order valence-corrected chi connectivity index (χ1v) is 4.75. The van der Waals surface area contributed by atoms with Crippen LogP contribution in [0.15, 0.2) is 17.6 Å². The Kier molecular flexibility index (Phi) is 5.54. The predicted molar refractivity (Wildman–Crippen MR) is 47.7 cm³/mol. The van der Waals surface area contributed by atoms with Gasteiger partial charge in [-0.25, -0.2) is 0 Å². The molecule has 2 atom stereocenters. The van der Waals surface area contributed by atoms with Gasteiger partial charge in [-0.15, -0.1) is 6.58 Å². The third kappa shape index (κ3) is 3.80. The van der Waals surface area contributed by atoms with Crippen molar-refractivity contribution in [3.8, 4) is 0 Å². The molecule has 0 heterocycles. The molecule has 0 aliphatic rings. The maximum atomic E-state index is 10.8. The maximum Gasteiger partial charge on any atom is 0.217 e. The molecule has 10 heavy (non-hydrogen) atoms. The summed E-state index contributed by atoms with van der Waals surface area (Å²) in [5.41, 5.74) is 0. The van der Waals surface area contributed by atoms with Crippen molar-refractivity contribution in [2.24, 2.45) is 4.99 Å². The largest absolute Gasteiger partial charge is 0.615 e. The van der Waals surface area contributed by atoms with Gasteiger partial charge in [-0.1, -0.05) is 6.08 Å². The first kappa shape index (κ1) is 9.85. The number of rotatable bonds is 4. The van der Waals surface area contributed by atoms with Crippen molar-refractivity contribution in [3.63, 3.8) is 0 Å². The van der Waals surface area contributed by atoms with E-state index in [1.54, 1.807) is 12.3 Å². The van der Waals surface area contributed by atoms with E-state index in [2.05, 4.69) is 29.0 Å². The zero-order chi connectivity index (χ0) is 7.98. The summed E-state index contributed by atoms with van der Waals surface area (Å²) >= 11 is 3.41. The third-order valence-corrected chi connectivity index (χ3v) is 2.12. The van der Waals surface area contributed by atoms with Crippen LogP contribution in [0, 0.1) is 0 Å². The Morgan fingerprint density at radius 3 is 2.90 bits per heavy atom. The molecule has 0 saturated carbocycles. The fraction of sp³-hybridized carbons (Fsp3) is 0.500. The van der Waals surface area contributed by atoms with E-state index in [4.69, 9.17) is 0 Å². The molecule has 1 unspecified atom stereocenters. The SMILES string of the molecule is C=CCC(N=C=S)[S@@+](C)[O-]. The number of nitrogens with zero attached hydrogens (tertiary/aromatic N) is 1. The van der Waals surface area contributed by atoms with Gasteiger partial charge in [0.05, 0.1) is 11.4 Å². The lowest BCUT2D eigenvalue weighted by atomic mass is 10.4. The molecule has 0 rings (SSSR count). The summed E-state index contributed by atoms with van der Waals surface area (Å²) in [6, 6.07) is 0. The quantitative estimate of drug-likeness (QED) is 0.280. The van der Waals surface area contributed by atoms with Crippen LogP contribution in [0.3, 0.4) is 0 Å². The molecule has 0 aromatic heterocycles. The summed E-state index contributed by atoms with van der Waals surface area (Å²) in [6.07, 6.45) is 3.85. The van der Waals surface area contributed by atoms with Crippen LogP contribution >= 0.6 is 12.2 Å². The maximum absolute atomic E-state index is 10.8. The lowest BCUT2D eigenvalue weighted by molar-refractivity contribution is 0.587. The summed E-state index contributed by atoms with van der Waals surface area (Å²) in [4.78, 5) is 3.71. The van der Waals surface area contributed by atoms with Crippen molar-refractivity contribution in [2.75, 3.05) is 6.26 Å². The molecule has 0 amide bonds. The second-order valence-corrected chi connectivity index (χ2v) is 3.42. The lowest BCUT2D eigenvalue weighted by Gasteiger charge is -2.09. The Morgan fingerprint density at radius 2 is 2.60 bits per heavy atom. The van der Waals surface area contributed by atoms with E-state index in [-0.39, 0.29) is 5.37 Å².